The second kappa shape index (κ2) is 10.7. The average molecular weight is 453 g/mol. The molecule has 0 aliphatic carbocycles. The van der Waals surface area contributed by atoms with Crippen molar-refractivity contribution in [2.75, 3.05) is 18.0 Å². The number of amidine groups is 1. The van der Waals surface area contributed by atoms with Gasteiger partial charge in [0, 0.05) is 37.6 Å². The fourth-order valence-electron chi connectivity index (χ4n) is 3.79. The number of ketones is 1. The summed E-state index contributed by atoms with van der Waals surface area (Å²) in [4.78, 5) is 40.2. The number of hydrogen-bond donors (Lipinski definition) is 1. The van der Waals surface area contributed by atoms with E-state index in [0.29, 0.717) is 56.0 Å². The molecule has 0 spiro atoms. The maximum atomic E-state index is 12.2. The van der Waals surface area contributed by atoms with Crippen molar-refractivity contribution in [1.82, 2.24) is 0 Å². The summed E-state index contributed by atoms with van der Waals surface area (Å²) in [5, 5.41) is 11.6. The van der Waals surface area contributed by atoms with Crippen LogP contribution < -0.4 is 15.4 Å². The lowest BCUT2D eigenvalue weighted by atomic mass is 9.95. The first kappa shape index (κ1) is 23.9. The molecule has 2 aromatic carbocycles. The molecule has 1 heterocycles. The molecule has 0 radical (unpaired) electrons. The van der Waals surface area contributed by atoms with Crippen LogP contribution in [0.25, 0.3) is 0 Å². The van der Waals surface area contributed by atoms with Gasteiger partial charge < -0.3 is 20.2 Å². The van der Waals surface area contributed by atoms with E-state index in [-0.39, 0.29) is 29.1 Å². The first-order valence-corrected chi connectivity index (χ1v) is 10.9. The fourth-order valence-corrected chi connectivity index (χ4v) is 3.79. The second-order valence-electron chi connectivity index (χ2n) is 8.21. The van der Waals surface area contributed by atoms with Gasteiger partial charge in [0.05, 0.1) is 10.8 Å². The molecule has 0 saturated carbocycles. The van der Waals surface area contributed by atoms with Crippen molar-refractivity contribution in [3.05, 3.63) is 58.1 Å². The Hall–Kier alpha value is -3.75. The maximum absolute atomic E-state index is 12.2. The van der Waals surface area contributed by atoms with Gasteiger partial charge in [0.25, 0.3) is 11.6 Å². The highest BCUT2D eigenvalue weighted by atomic mass is 16.6. The number of anilines is 1. The number of rotatable bonds is 8. The van der Waals surface area contributed by atoms with Crippen molar-refractivity contribution in [2.45, 2.75) is 39.5 Å². The molecule has 1 saturated heterocycles. The number of piperidine rings is 1. The van der Waals surface area contributed by atoms with Crippen molar-refractivity contribution in [2.24, 2.45) is 16.6 Å². The van der Waals surface area contributed by atoms with Gasteiger partial charge in [0.15, 0.2) is 0 Å². The zero-order chi connectivity index (χ0) is 24.0. The number of ether oxygens (including phenoxy) is 1. The normalized spacial score (nSPS) is 14.7. The number of nitrogens with zero attached hydrogens (tertiary/aromatic N) is 3. The van der Waals surface area contributed by atoms with Crippen molar-refractivity contribution in [3.8, 4) is 11.5 Å². The summed E-state index contributed by atoms with van der Waals surface area (Å²) in [6, 6.07) is 12.1. The molecule has 1 aliphatic rings. The van der Waals surface area contributed by atoms with Gasteiger partial charge in [-0.3, -0.25) is 14.9 Å². The minimum Gasteiger partial charge on any atom is -0.457 e. The number of nitrogens with two attached hydrogens (primary N) is 1. The SMILES string of the molecule is CC(=O)CCc1ccc(Oc2ccc([N+](=O)[O-])c(N3CCC(C(=O)N=C(C)N)CC3)c2)cc1. The molecule has 33 heavy (non-hydrogen) atoms. The molecule has 174 valence electrons. The highest BCUT2D eigenvalue weighted by Gasteiger charge is 2.28. The molecule has 2 N–H and O–H groups in total. The monoisotopic (exact) mass is 452 g/mol. The molecule has 3 rings (SSSR count). The van der Waals surface area contributed by atoms with Crippen molar-refractivity contribution in [3.63, 3.8) is 0 Å². The number of amides is 1. The van der Waals surface area contributed by atoms with Crippen LogP contribution in [-0.2, 0) is 16.0 Å². The number of hydrogen-bond acceptors (Lipinski definition) is 6. The predicted molar refractivity (Wildman–Crippen MR) is 126 cm³/mol. The Morgan fingerprint density at radius 1 is 1.12 bits per heavy atom. The highest BCUT2D eigenvalue weighted by molar-refractivity contribution is 5.93. The zero-order valence-electron chi connectivity index (χ0n) is 18.8. The molecule has 1 aliphatic heterocycles. The molecule has 0 unspecified atom stereocenters. The summed E-state index contributed by atoms with van der Waals surface area (Å²) >= 11 is 0. The third kappa shape index (κ3) is 6.61. The summed E-state index contributed by atoms with van der Waals surface area (Å²) in [6.45, 7) is 4.12. The number of carbonyl (C=O) groups is 2. The van der Waals surface area contributed by atoms with Gasteiger partial charge in [0.2, 0.25) is 0 Å². The lowest BCUT2D eigenvalue weighted by Gasteiger charge is -2.32. The Bertz CT molecular complexity index is 1050. The maximum Gasteiger partial charge on any atom is 0.292 e. The molecular weight excluding hydrogens is 424 g/mol. The minimum absolute atomic E-state index is 0.0115. The van der Waals surface area contributed by atoms with Crippen LogP contribution in [0.1, 0.15) is 38.7 Å². The van der Waals surface area contributed by atoms with E-state index in [9.17, 15) is 19.7 Å². The number of carbonyl (C=O) groups excluding carboxylic acids is 2. The van der Waals surface area contributed by atoms with Crippen LogP contribution in [0.2, 0.25) is 0 Å². The van der Waals surface area contributed by atoms with Crippen LogP contribution in [0.5, 0.6) is 11.5 Å². The number of aryl methyl sites for hydroxylation is 1. The molecule has 0 atom stereocenters. The van der Waals surface area contributed by atoms with Crippen LogP contribution in [-0.4, -0.2) is 35.5 Å². The van der Waals surface area contributed by atoms with E-state index in [0.717, 1.165) is 5.56 Å². The van der Waals surface area contributed by atoms with Gasteiger partial charge in [-0.05, 0) is 56.9 Å². The van der Waals surface area contributed by atoms with Crippen LogP contribution in [0, 0.1) is 16.0 Å². The van der Waals surface area contributed by atoms with Crippen LogP contribution in [0.15, 0.2) is 47.5 Å². The first-order chi connectivity index (χ1) is 15.7. The van der Waals surface area contributed by atoms with Gasteiger partial charge in [-0.25, -0.2) is 4.99 Å². The Morgan fingerprint density at radius 2 is 1.76 bits per heavy atom. The predicted octanol–water partition coefficient (Wildman–Crippen LogP) is 4.03. The summed E-state index contributed by atoms with van der Waals surface area (Å²) < 4.78 is 5.93. The molecular formula is C24H28N4O5. The van der Waals surface area contributed by atoms with E-state index in [2.05, 4.69) is 4.99 Å². The van der Waals surface area contributed by atoms with Gasteiger partial charge in [0.1, 0.15) is 23.0 Å². The minimum atomic E-state index is -0.414. The largest absolute Gasteiger partial charge is 0.457 e. The smallest absolute Gasteiger partial charge is 0.292 e. The van der Waals surface area contributed by atoms with E-state index in [1.165, 1.54) is 6.07 Å². The Labute approximate surface area is 192 Å². The molecule has 1 fully saturated rings. The molecule has 0 bridgehead atoms. The van der Waals surface area contributed by atoms with E-state index in [1.54, 1.807) is 26.0 Å². The zero-order valence-corrected chi connectivity index (χ0v) is 18.8. The van der Waals surface area contributed by atoms with Crippen molar-refractivity contribution in [1.29, 1.82) is 0 Å². The molecule has 1 amide bonds. The van der Waals surface area contributed by atoms with E-state index >= 15 is 0 Å². The summed E-state index contributed by atoms with van der Waals surface area (Å²) in [6.07, 6.45) is 2.25. The fraction of sp³-hybridized carbons (Fsp3) is 0.375. The molecule has 2 aromatic rings. The average Bonchev–Trinajstić information content (AvgIpc) is 2.78. The summed E-state index contributed by atoms with van der Waals surface area (Å²) in [5.41, 5.74) is 6.99. The molecule has 9 heteroatoms. The number of aliphatic imine (C=N–C) groups is 1. The van der Waals surface area contributed by atoms with Crippen LogP contribution in [0.4, 0.5) is 11.4 Å². The number of benzene rings is 2. The third-order valence-electron chi connectivity index (χ3n) is 5.54. The van der Waals surface area contributed by atoms with E-state index in [4.69, 9.17) is 10.5 Å². The summed E-state index contributed by atoms with van der Waals surface area (Å²) in [5.74, 6) is 0.973. The van der Waals surface area contributed by atoms with E-state index < -0.39 is 4.92 Å². The molecule has 9 nitrogen and oxygen atoms in total. The quantitative estimate of drug-likeness (QED) is 0.277. The Morgan fingerprint density at radius 3 is 2.33 bits per heavy atom. The topological polar surface area (TPSA) is 128 Å². The van der Waals surface area contributed by atoms with Gasteiger partial charge in [-0.1, -0.05) is 12.1 Å². The van der Waals surface area contributed by atoms with Crippen molar-refractivity contribution < 1.29 is 19.2 Å². The molecule has 0 aromatic heterocycles. The van der Waals surface area contributed by atoms with Crippen LogP contribution in [0.3, 0.4) is 0 Å². The van der Waals surface area contributed by atoms with Gasteiger partial charge in [-0.2, -0.15) is 0 Å². The van der Waals surface area contributed by atoms with Gasteiger partial charge >= 0.3 is 0 Å². The number of Topliss-reactive ketones (excluding diaryl/α,β-unsaturated/α-hetero) is 1. The lowest BCUT2D eigenvalue weighted by molar-refractivity contribution is -0.384. The lowest BCUT2D eigenvalue weighted by Crippen LogP contribution is -2.36. The van der Waals surface area contributed by atoms with E-state index in [1.807, 2.05) is 29.2 Å². The second-order valence-corrected chi connectivity index (χ2v) is 8.21. The highest BCUT2D eigenvalue weighted by Crippen LogP contribution is 2.36. The van der Waals surface area contributed by atoms with Crippen molar-refractivity contribution >= 4 is 28.9 Å². The number of nitro groups is 1. The Kier molecular flexibility index (Phi) is 7.76. The van der Waals surface area contributed by atoms with Crippen LogP contribution >= 0.6 is 0 Å². The summed E-state index contributed by atoms with van der Waals surface area (Å²) in [7, 11) is 0. The third-order valence-corrected chi connectivity index (χ3v) is 5.54. The first-order valence-electron chi connectivity index (χ1n) is 10.9. The standard InChI is InChI=1S/C24H28N4O5/c1-16(29)3-4-18-5-7-20(8-6-18)33-21-9-10-22(28(31)32)23(15-21)27-13-11-19(12-14-27)24(30)26-17(2)25/h5-10,15,19H,3-4,11-14H2,1-2H3,(H2,25,26,30). The van der Waals surface area contributed by atoms with Gasteiger partial charge in [-0.15, -0.1) is 0 Å². The number of nitro benzene ring substituents is 1. The Balaban J connectivity index is 1.72.